The van der Waals surface area contributed by atoms with E-state index in [0.29, 0.717) is 4.57 Å². The molecule has 13 heteroatoms. The van der Waals surface area contributed by atoms with E-state index in [-0.39, 0.29) is 0 Å². The molecule has 20 heavy (non-hydrogen) atoms. The minimum Gasteiger partial charge on any atom is -0.808 e. The molecule has 1 aromatic rings. The van der Waals surface area contributed by atoms with Gasteiger partial charge in [0.2, 0.25) is 6.33 Å². The van der Waals surface area contributed by atoms with Crippen LogP contribution >= 0.6 is 15.2 Å². The number of hydrogen-bond acceptors (Lipinski definition) is 8. The van der Waals surface area contributed by atoms with Gasteiger partial charge >= 0.3 is 5.97 Å². The fraction of sp³-hybridized carbons (Fsp3) is 0.429. The molecule has 0 amide bonds. The van der Waals surface area contributed by atoms with Crippen molar-refractivity contribution in [2.75, 3.05) is 0 Å². The molecule has 0 bridgehead atoms. The van der Waals surface area contributed by atoms with Crippen molar-refractivity contribution < 1.29 is 48.3 Å². The maximum atomic E-state index is 10.8. The first-order valence-electron chi connectivity index (χ1n) is 4.90. The number of aliphatic hydroxyl groups is 1. The van der Waals surface area contributed by atoms with Gasteiger partial charge in [0.05, 0.1) is 0 Å². The van der Waals surface area contributed by atoms with Crippen LogP contribution in [0.25, 0.3) is 0 Å². The number of carboxylic acid groups (broad SMARTS) is 1. The molecular formula is C7H9N2O9P2-3. The number of carbonyl (C=O) groups is 1. The average Bonchev–Trinajstić information content (AvgIpc) is 2.60. The largest absolute Gasteiger partial charge is 0.808 e. The lowest BCUT2D eigenvalue weighted by Crippen LogP contribution is -2.48. The molecule has 0 radical (unpaired) electrons. The zero-order valence-corrected chi connectivity index (χ0v) is 11.5. The molecular weight excluding hydrogens is 318 g/mol. The molecule has 114 valence electrons. The molecule has 11 nitrogen and oxygen atoms in total. The highest BCUT2D eigenvalue weighted by Gasteiger charge is 2.38. The average molecular weight is 327 g/mol. The Kier molecular flexibility index (Phi) is 4.57. The standard InChI is InChI=1S/C7H12N2O9P2/c10-6(11)3-8-1-2-9(5-8)4-7(12,19(13,14)15)20(16,17)18/h1-2,5,12H,3-4H2,(H4-,10,11,13,14,15,16,17,18)/p-3. The Bertz CT molecular complexity index is 577. The van der Waals surface area contributed by atoms with E-state index in [2.05, 4.69) is 0 Å². The second kappa shape index (κ2) is 5.38. The van der Waals surface area contributed by atoms with Gasteiger partial charge < -0.3 is 38.9 Å². The van der Waals surface area contributed by atoms with E-state index in [1.54, 1.807) is 0 Å². The SMILES string of the molecule is O=C(O)C[n+]1ccn(CC(O)(P(=O)([O-])[O-])P(=O)([O-])[O-])c1. The number of aliphatic carboxylic acids is 1. The molecule has 1 heterocycles. The fourth-order valence-electron chi connectivity index (χ4n) is 1.35. The summed E-state index contributed by atoms with van der Waals surface area (Å²) in [4.78, 5) is 53.7. The Morgan fingerprint density at radius 2 is 1.75 bits per heavy atom. The van der Waals surface area contributed by atoms with Crippen molar-refractivity contribution in [3.8, 4) is 0 Å². The number of aromatic nitrogens is 2. The van der Waals surface area contributed by atoms with Crippen LogP contribution < -0.4 is 24.1 Å². The van der Waals surface area contributed by atoms with E-state index in [1.807, 2.05) is 0 Å². The van der Waals surface area contributed by atoms with Crippen LogP contribution in [0.5, 0.6) is 0 Å². The highest BCUT2D eigenvalue weighted by Crippen LogP contribution is 2.59. The summed E-state index contributed by atoms with van der Waals surface area (Å²) in [5, 5.41) is 13.9. The van der Waals surface area contributed by atoms with Gasteiger partial charge in [-0.3, -0.25) is 0 Å². The quantitative estimate of drug-likeness (QED) is 0.381. The van der Waals surface area contributed by atoms with Gasteiger partial charge in [-0.05, 0) is 15.2 Å². The molecule has 0 aliphatic heterocycles. The van der Waals surface area contributed by atoms with Crippen molar-refractivity contribution in [2.45, 2.75) is 18.2 Å². The Balaban J connectivity index is 3.10. The van der Waals surface area contributed by atoms with Gasteiger partial charge in [0.15, 0.2) is 11.6 Å². The summed E-state index contributed by atoms with van der Waals surface area (Å²) in [6.07, 6.45) is 3.04. The van der Waals surface area contributed by atoms with Crippen LogP contribution in [0.1, 0.15) is 0 Å². The predicted octanol–water partition coefficient (Wildman–Crippen LogP) is -4.67. The van der Waals surface area contributed by atoms with E-state index >= 15 is 0 Å². The highest BCUT2D eigenvalue weighted by atomic mass is 31.2. The minimum atomic E-state index is -6.17. The second-order valence-corrected chi connectivity index (χ2v) is 7.74. The van der Waals surface area contributed by atoms with Crippen LogP contribution in [-0.4, -0.2) is 25.8 Å². The molecule has 2 N–H and O–H groups in total. The molecule has 0 spiro atoms. The maximum absolute atomic E-state index is 10.8. The fourth-order valence-corrected chi connectivity index (χ4v) is 3.22. The van der Waals surface area contributed by atoms with E-state index in [1.165, 1.54) is 0 Å². The van der Waals surface area contributed by atoms with Gasteiger partial charge in [0, 0.05) is 0 Å². The predicted molar refractivity (Wildman–Crippen MR) is 52.4 cm³/mol. The topological polar surface area (TPSA) is 193 Å². The first kappa shape index (κ1) is 17.0. The molecule has 0 unspecified atom stereocenters. The molecule has 1 aromatic heterocycles. The summed E-state index contributed by atoms with van der Waals surface area (Å²) in [5.41, 5.74) is 0. The Labute approximate surface area is 112 Å². The number of imidazole rings is 1. The lowest BCUT2D eigenvalue weighted by atomic mass is 10.6. The Hall–Kier alpha value is -1.06. The van der Waals surface area contributed by atoms with Gasteiger partial charge in [0.1, 0.15) is 18.9 Å². The zero-order chi connectivity index (χ0) is 15.8. The summed E-state index contributed by atoms with van der Waals surface area (Å²) in [6.45, 7) is -1.88. The van der Waals surface area contributed by atoms with Gasteiger partial charge in [-0.1, -0.05) is 0 Å². The molecule has 0 aliphatic carbocycles. The molecule has 0 saturated heterocycles. The van der Waals surface area contributed by atoms with Crippen LogP contribution in [0.4, 0.5) is 0 Å². The first-order chi connectivity index (χ1) is 8.87. The molecule has 0 aliphatic rings. The van der Waals surface area contributed by atoms with Crippen molar-refractivity contribution in [3.05, 3.63) is 18.7 Å². The minimum absolute atomic E-state index is 0.524. The molecule has 1 rings (SSSR count). The summed E-state index contributed by atoms with van der Waals surface area (Å²) in [5.74, 6) is -1.24. The summed E-state index contributed by atoms with van der Waals surface area (Å²) < 4.78 is 23.4. The van der Waals surface area contributed by atoms with E-state index in [4.69, 9.17) is 5.11 Å². The Morgan fingerprint density at radius 1 is 1.25 bits per heavy atom. The van der Waals surface area contributed by atoms with Crippen molar-refractivity contribution in [3.63, 3.8) is 0 Å². The number of nitrogens with zero attached hydrogens (tertiary/aromatic N) is 2. The van der Waals surface area contributed by atoms with Crippen molar-refractivity contribution in [1.29, 1.82) is 0 Å². The number of carboxylic acids is 1. The zero-order valence-electron chi connectivity index (χ0n) is 9.69. The van der Waals surface area contributed by atoms with Gasteiger partial charge in [-0.15, -0.1) is 0 Å². The third-order valence-corrected chi connectivity index (χ3v) is 5.84. The van der Waals surface area contributed by atoms with Gasteiger partial charge in [0.25, 0.3) is 0 Å². The van der Waals surface area contributed by atoms with E-state index in [0.717, 1.165) is 23.3 Å². The maximum Gasteiger partial charge on any atom is 0.346 e. The van der Waals surface area contributed by atoms with Crippen LogP contribution in [0.3, 0.4) is 0 Å². The Morgan fingerprint density at radius 3 is 2.15 bits per heavy atom. The third kappa shape index (κ3) is 3.53. The van der Waals surface area contributed by atoms with Crippen LogP contribution in [0.2, 0.25) is 0 Å². The van der Waals surface area contributed by atoms with E-state index in [9.17, 15) is 38.6 Å². The third-order valence-electron chi connectivity index (χ3n) is 2.34. The number of hydrogen-bond donors (Lipinski definition) is 2. The van der Waals surface area contributed by atoms with Crippen LogP contribution in [-0.2, 0) is 27.0 Å². The lowest BCUT2D eigenvalue weighted by molar-refractivity contribution is -0.685. The van der Waals surface area contributed by atoms with Crippen LogP contribution in [0, 0.1) is 0 Å². The molecule has 0 atom stereocenters. The molecule has 0 aromatic carbocycles. The van der Waals surface area contributed by atoms with Gasteiger partial charge in [-0.2, -0.15) is 0 Å². The first-order valence-corrected chi connectivity index (χ1v) is 7.99. The van der Waals surface area contributed by atoms with Gasteiger partial charge in [-0.25, -0.2) is 13.9 Å². The lowest BCUT2D eigenvalue weighted by Gasteiger charge is -2.54. The number of rotatable bonds is 6. The summed E-state index contributed by atoms with van der Waals surface area (Å²) >= 11 is 0. The van der Waals surface area contributed by atoms with Crippen molar-refractivity contribution >= 4 is 21.2 Å². The van der Waals surface area contributed by atoms with Crippen molar-refractivity contribution in [2.24, 2.45) is 0 Å². The molecule has 0 fully saturated rings. The molecule has 0 saturated carbocycles. The monoisotopic (exact) mass is 327 g/mol. The highest BCUT2D eigenvalue weighted by molar-refractivity contribution is 7.69. The smallest absolute Gasteiger partial charge is 0.346 e. The normalized spacial score (nSPS) is 13.4. The van der Waals surface area contributed by atoms with Crippen molar-refractivity contribution in [1.82, 2.24) is 4.57 Å². The summed E-state index contributed by atoms with van der Waals surface area (Å²) in [6, 6.07) is 0. The second-order valence-electron chi connectivity index (χ2n) is 3.92. The van der Waals surface area contributed by atoms with E-state index < -0.39 is 39.3 Å². The summed E-state index contributed by atoms with van der Waals surface area (Å²) in [7, 11) is -12.3. The van der Waals surface area contributed by atoms with Crippen LogP contribution in [0.15, 0.2) is 18.7 Å².